The van der Waals surface area contributed by atoms with E-state index in [0.717, 1.165) is 16.2 Å². The van der Waals surface area contributed by atoms with Gasteiger partial charge in [-0.15, -0.1) is 11.3 Å². The summed E-state index contributed by atoms with van der Waals surface area (Å²) in [7, 11) is 1.68. The Balaban J connectivity index is 2.08. The van der Waals surface area contributed by atoms with Crippen LogP contribution in [-0.2, 0) is 5.60 Å². The summed E-state index contributed by atoms with van der Waals surface area (Å²) in [6, 6.07) is 10.2. The Morgan fingerprint density at radius 2 is 2.14 bits per heavy atom. The standard InChI is InChI=1S/C17H23NO2S/c1-12-7-8-15(20-4)14(10-12)13(2)18-11-17(3,19)16-6-5-9-21-16/h5-10,13,18-19H,11H2,1-4H3. The zero-order chi connectivity index (χ0) is 15.5. The Kier molecular flexibility index (Phi) is 5.04. The molecule has 21 heavy (non-hydrogen) atoms. The van der Waals surface area contributed by atoms with Crippen molar-refractivity contribution in [1.29, 1.82) is 0 Å². The van der Waals surface area contributed by atoms with E-state index >= 15 is 0 Å². The highest BCUT2D eigenvalue weighted by molar-refractivity contribution is 7.10. The second kappa shape index (κ2) is 6.60. The topological polar surface area (TPSA) is 41.5 Å². The van der Waals surface area contributed by atoms with Crippen LogP contribution in [0, 0.1) is 6.92 Å². The average molecular weight is 305 g/mol. The second-order valence-electron chi connectivity index (χ2n) is 5.60. The predicted molar refractivity (Wildman–Crippen MR) is 88.0 cm³/mol. The number of aryl methyl sites for hydroxylation is 1. The highest BCUT2D eigenvalue weighted by Crippen LogP contribution is 2.28. The zero-order valence-corrected chi connectivity index (χ0v) is 13.8. The third kappa shape index (κ3) is 3.84. The lowest BCUT2D eigenvalue weighted by Gasteiger charge is -2.26. The summed E-state index contributed by atoms with van der Waals surface area (Å²) in [5, 5.41) is 16.0. The van der Waals surface area contributed by atoms with Crippen LogP contribution in [-0.4, -0.2) is 18.8 Å². The summed E-state index contributed by atoms with van der Waals surface area (Å²) in [5.74, 6) is 0.872. The molecule has 2 rings (SSSR count). The average Bonchev–Trinajstić information content (AvgIpc) is 3.00. The minimum Gasteiger partial charge on any atom is -0.496 e. The van der Waals surface area contributed by atoms with E-state index in [0.29, 0.717) is 6.54 Å². The minimum atomic E-state index is -0.862. The summed E-state index contributed by atoms with van der Waals surface area (Å²) in [6.07, 6.45) is 0. The van der Waals surface area contributed by atoms with Gasteiger partial charge in [0.2, 0.25) is 0 Å². The summed E-state index contributed by atoms with van der Waals surface area (Å²) in [5.41, 5.74) is 1.45. The number of nitrogens with one attached hydrogen (secondary N) is 1. The van der Waals surface area contributed by atoms with E-state index in [1.54, 1.807) is 18.4 Å². The van der Waals surface area contributed by atoms with Gasteiger partial charge in [0.25, 0.3) is 0 Å². The number of hydrogen-bond donors (Lipinski definition) is 2. The largest absolute Gasteiger partial charge is 0.496 e. The summed E-state index contributed by atoms with van der Waals surface area (Å²) >= 11 is 1.57. The van der Waals surface area contributed by atoms with E-state index < -0.39 is 5.60 Å². The number of methoxy groups -OCH3 is 1. The molecule has 2 unspecified atom stereocenters. The number of hydrogen-bond acceptors (Lipinski definition) is 4. The highest BCUT2D eigenvalue weighted by Gasteiger charge is 2.25. The van der Waals surface area contributed by atoms with Gasteiger partial charge in [-0.25, -0.2) is 0 Å². The SMILES string of the molecule is COc1ccc(C)cc1C(C)NCC(C)(O)c1cccs1. The van der Waals surface area contributed by atoms with Crippen LogP contribution in [0.1, 0.15) is 35.9 Å². The normalized spacial score (nSPS) is 15.5. The first-order chi connectivity index (χ1) is 9.94. The molecule has 1 aromatic carbocycles. The van der Waals surface area contributed by atoms with Crippen molar-refractivity contribution in [2.75, 3.05) is 13.7 Å². The molecule has 0 bridgehead atoms. The van der Waals surface area contributed by atoms with Gasteiger partial charge in [0.05, 0.1) is 7.11 Å². The Hall–Kier alpha value is -1.36. The molecule has 2 aromatic rings. The molecule has 0 radical (unpaired) electrons. The molecule has 0 aliphatic heterocycles. The van der Waals surface area contributed by atoms with Crippen LogP contribution >= 0.6 is 11.3 Å². The number of thiophene rings is 1. The Labute approximate surface area is 130 Å². The van der Waals surface area contributed by atoms with Crippen LogP contribution in [0.4, 0.5) is 0 Å². The van der Waals surface area contributed by atoms with Crippen LogP contribution in [0.25, 0.3) is 0 Å². The van der Waals surface area contributed by atoms with Gasteiger partial charge in [-0.1, -0.05) is 23.8 Å². The summed E-state index contributed by atoms with van der Waals surface area (Å²) in [4.78, 5) is 0.971. The van der Waals surface area contributed by atoms with Gasteiger partial charge in [0, 0.05) is 23.0 Å². The van der Waals surface area contributed by atoms with Crippen molar-refractivity contribution >= 4 is 11.3 Å². The number of rotatable bonds is 6. The molecule has 4 heteroatoms. The lowest BCUT2D eigenvalue weighted by atomic mass is 10.0. The lowest BCUT2D eigenvalue weighted by Crippen LogP contribution is -2.36. The third-order valence-electron chi connectivity index (χ3n) is 3.66. The third-order valence-corrected chi connectivity index (χ3v) is 4.78. The molecule has 0 fully saturated rings. The molecule has 1 aromatic heterocycles. The summed E-state index contributed by atoms with van der Waals surface area (Å²) in [6.45, 7) is 6.48. The molecular weight excluding hydrogens is 282 g/mol. The van der Waals surface area contributed by atoms with Gasteiger partial charge in [-0.3, -0.25) is 0 Å². The number of benzene rings is 1. The van der Waals surface area contributed by atoms with Crippen LogP contribution in [0.5, 0.6) is 5.75 Å². The van der Waals surface area contributed by atoms with Crippen molar-refractivity contribution in [3.63, 3.8) is 0 Å². The van der Waals surface area contributed by atoms with Crippen molar-refractivity contribution < 1.29 is 9.84 Å². The fraction of sp³-hybridized carbons (Fsp3) is 0.412. The molecular formula is C17H23NO2S. The molecule has 0 saturated heterocycles. The summed E-state index contributed by atoms with van der Waals surface area (Å²) < 4.78 is 5.43. The molecule has 2 N–H and O–H groups in total. The van der Waals surface area contributed by atoms with Crippen LogP contribution in [0.15, 0.2) is 35.7 Å². The fourth-order valence-corrected chi connectivity index (χ4v) is 3.11. The maximum atomic E-state index is 10.6. The van der Waals surface area contributed by atoms with E-state index in [1.165, 1.54) is 5.56 Å². The van der Waals surface area contributed by atoms with Gasteiger partial charge in [0.1, 0.15) is 11.4 Å². The molecule has 1 heterocycles. The molecule has 0 spiro atoms. The molecule has 0 aliphatic carbocycles. The smallest absolute Gasteiger partial charge is 0.123 e. The van der Waals surface area contributed by atoms with E-state index in [1.807, 2.05) is 36.6 Å². The minimum absolute atomic E-state index is 0.103. The van der Waals surface area contributed by atoms with Crippen LogP contribution in [0.2, 0.25) is 0 Å². The first-order valence-corrected chi connectivity index (χ1v) is 7.96. The van der Waals surface area contributed by atoms with E-state index in [9.17, 15) is 5.11 Å². The van der Waals surface area contributed by atoms with Gasteiger partial charge in [-0.2, -0.15) is 0 Å². The highest BCUT2D eigenvalue weighted by atomic mass is 32.1. The van der Waals surface area contributed by atoms with Crippen molar-refractivity contribution in [3.05, 3.63) is 51.7 Å². The quantitative estimate of drug-likeness (QED) is 0.856. The molecule has 0 saturated carbocycles. The van der Waals surface area contributed by atoms with Crippen LogP contribution in [0.3, 0.4) is 0 Å². The Morgan fingerprint density at radius 3 is 2.76 bits per heavy atom. The van der Waals surface area contributed by atoms with Gasteiger partial charge < -0.3 is 15.2 Å². The lowest BCUT2D eigenvalue weighted by molar-refractivity contribution is 0.0580. The van der Waals surface area contributed by atoms with Crippen molar-refractivity contribution in [3.8, 4) is 5.75 Å². The van der Waals surface area contributed by atoms with Crippen LogP contribution < -0.4 is 10.1 Å². The molecule has 114 valence electrons. The van der Waals surface area contributed by atoms with Gasteiger partial charge in [0.15, 0.2) is 0 Å². The Morgan fingerprint density at radius 1 is 1.38 bits per heavy atom. The maximum Gasteiger partial charge on any atom is 0.123 e. The monoisotopic (exact) mass is 305 g/mol. The maximum absolute atomic E-state index is 10.6. The zero-order valence-electron chi connectivity index (χ0n) is 13.0. The number of ether oxygens (including phenoxy) is 1. The van der Waals surface area contributed by atoms with E-state index in [-0.39, 0.29) is 6.04 Å². The fourth-order valence-electron chi connectivity index (χ4n) is 2.33. The van der Waals surface area contributed by atoms with Crippen molar-refractivity contribution in [1.82, 2.24) is 5.32 Å². The Bertz CT molecular complexity index is 578. The van der Waals surface area contributed by atoms with E-state index in [2.05, 4.69) is 25.2 Å². The van der Waals surface area contributed by atoms with Gasteiger partial charge in [-0.05, 0) is 38.3 Å². The van der Waals surface area contributed by atoms with Gasteiger partial charge >= 0.3 is 0 Å². The molecule has 3 nitrogen and oxygen atoms in total. The molecule has 0 aliphatic rings. The second-order valence-corrected chi connectivity index (χ2v) is 6.55. The number of aliphatic hydroxyl groups is 1. The first-order valence-electron chi connectivity index (χ1n) is 7.08. The predicted octanol–water partition coefficient (Wildman–Crippen LogP) is 3.62. The molecule has 2 atom stereocenters. The van der Waals surface area contributed by atoms with Crippen molar-refractivity contribution in [2.45, 2.75) is 32.4 Å². The van der Waals surface area contributed by atoms with Crippen molar-refractivity contribution in [2.24, 2.45) is 0 Å². The molecule has 0 amide bonds. The first kappa shape index (κ1) is 16.0. The van der Waals surface area contributed by atoms with E-state index in [4.69, 9.17) is 4.74 Å².